The summed E-state index contributed by atoms with van der Waals surface area (Å²) in [5, 5.41) is 0. The molecule has 0 aliphatic rings. The summed E-state index contributed by atoms with van der Waals surface area (Å²) in [7, 11) is 0. The Hall–Kier alpha value is -2.30. The normalized spacial score (nSPS) is 10.2. The minimum absolute atomic E-state index is 0.182. The van der Waals surface area contributed by atoms with Crippen molar-refractivity contribution in [3.8, 4) is 5.75 Å². The first kappa shape index (κ1) is 12.2. The van der Waals surface area contributed by atoms with E-state index >= 15 is 0 Å². The standard InChI is InChI=1S/C13H7F3O2/c14-9-6-11(16)12(7-10(9)15)18-13(17)8-4-2-1-3-5-8/h1-7H. The molecule has 0 saturated carbocycles. The van der Waals surface area contributed by atoms with Gasteiger partial charge in [0.1, 0.15) is 0 Å². The van der Waals surface area contributed by atoms with Crippen molar-refractivity contribution in [3.05, 3.63) is 65.5 Å². The van der Waals surface area contributed by atoms with Crippen LogP contribution in [0.2, 0.25) is 0 Å². The van der Waals surface area contributed by atoms with Crippen molar-refractivity contribution in [2.24, 2.45) is 0 Å². The molecule has 2 rings (SSSR count). The lowest BCUT2D eigenvalue weighted by Gasteiger charge is -2.05. The minimum atomic E-state index is -1.34. The molecule has 0 radical (unpaired) electrons. The molecule has 0 atom stereocenters. The zero-order chi connectivity index (χ0) is 13.1. The minimum Gasteiger partial charge on any atom is -0.420 e. The van der Waals surface area contributed by atoms with Gasteiger partial charge in [-0.25, -0.2) is 18.0 Å². The van der Waals surface area contributed by atoms with Gasteiger partial charge in [-0.05, 0) is 12.1 Å². The fourth-order valence-electron chi connectivity index (χ4n) is 1.32. The molecule has 2 aromatic carbocycles. The molecule has 92 valence electrons. The van der Waals surface area contributed by atoms with Crippen LogP contribution in [0.15, 0.2) is 42.5 Å². The lowest BCUT2D eigenvalue weighted by atomic mass is 10.2. The van der Waals surface area contributed by atoms with Gasteiger partial charge in [0.2, 0.25) is 0 Å². The molecule has 0 unspecified atom stereocenters. The van der Waals surface area contributed by atoms with E-state index in [1.807, 2.05) is 0 Å². The van der Waals surface area contributed by atoms with Crippen LogP contribution >= 0.6 is 0 Å². The molecule has 0 aliphatic heterocycles. The first-order valence-corrected chi connectivity index (χ1v) is 4.99. The van der Waals surface area contributed by atoms with Gasteiger partial charge in [-0.15, -0.1) is 0 Å². The van der Waals surface area contributed by atoms with Crippen molar-refractivity contribution in [2.75, 3.05) is 0 Å². The summed E-state index contributed by atoms with van der Waals surface area (Å²) in [6, 6.07) is 8.61. The number of esters is 1. The number of halogens is 3. The van der Waals surface area contributed by atoms with Gasteiger partial charge in [0.25, 0.3) is 0 Å². The van der Waals surface area contributed by atoms with Crippen LogP contribution in [0.5, 0.6) is 5.75 Å². The molecule has 0 aromatic heterocycles. The van der Waals surface area contributed by atoms with Crippen LogP contribution in [0.1, 0.15) is 10.4 Å². The van der Waals surface area contributed by atoms with Crippen LogP contribution in [-0.4, -0.2) is 5.97 Å². The Kier molecular flexibility index (Phi) is 3.32. The Morgan fingerprint density at radius 1 is 0.889 bits per heavy atom. The average molecular weight is 252 g/mol. The quantitative estimate of drug-likeness (QED) is 0.465. The largest absolute Gasteiger partial charge is 0.420 e. The third-order valence-electron chi connectivity index (χ3n) is 2.19. The Morgan fingerprint density at radius 3 is 2.17 bits per heavy atom. The fourth-order valence-corrected chi connectivity index (χ4v) is 1.32. The lowest BCUT2D eigenvalue weighted by Crippen LogP contribution is -2.09. The van der Waals surface area contributed by atoms with Gasteiger partial charge in [-0.1, -0.05) is 18.2 Å². The summed E-state index contributed by atoms with van der Waals surface area (Å²) in [5.74, 6) is -5.26. The summed E-state index contributed by atoms with van der Waals surface area (Å²) in [5.41, 5.74) is 0.182. The monoisotopic (exact) mass is 252 g/mol. The van der Waals surface area contributed by atoms with Crippen molar-refractivity contribution in [1.82, 2.24) is 0 Å². The third kappa shape index (κ3) is 2.51. The van der Waals surface area contributed by atoms with Crippen LogP contribution < -0.4 is 4.74 Å². The number of hydrogen-bond donors (Lipinski definition) is 0. The van der Waals surface area contributed by atoms with E-state index in [9.17, 15) is 18.0 Å². The Bertz CT molecular complexity index is 582. The van der Waals surface area contributed by atoms with E-state index in [-0.39, 0.29) is 5.56 Å². The maximum Gasteiger partial charge on any atom is 0.343 e. The Labute approximate surface area is 101 Å². The van der Waals surface area contributed by atoms with E-state index in [1.165, 1.54) is 12.1 Å². The second-order valence-electron chi connectivity index (χ2n) is 3.45. The maximum absolute atomic E-state index is 13.2. The Morgan fingerprint density at radius 2 is 1.50 bits per heavy atom. The topological polar surface area (TPSA) is 26.3 Å². The number of carbonyl (C=O) groups excluding carboxylic acids is 1. The van der Waals surface area contributed by atoms with Crippen LogP contribution in [0.3, 0.4) is 0 Å². The number of benzene rings is 2. The van der Waals surface area contributed by atoms with E-state index < -0.39 is 29.2 Å². The van der Waals surface area contributed by atoms with E-state index in [2.05, 4.69) is 4.74 Å². The smallest absolute Gasteiger partial charge is 0.343 e. The van der Waals surface area contributed by atoms with Gasteiger partial charge in [-0.3, -0.25) is 0 Å². The lowest BCUT2D eigenvalue weighted by molar-refractivity contribution is 0.0727. The van der Waals surface area contributed by atoms with Gasteiger partial charge in [0, 0.05) is 12.1 Å². The van der Waals surface area contributed by atoms with Crippen LogP contribution in [0.4, 0.5) is 13.2 Å². The third-order valence-corrected chi connectivity index (χ3v) is 2.19. The highest BCUT2D eigenvalue weighted by molar-refractivity contribution is 5.90. The summed E-state index contributed by atoms with van der Waals surface area (Å²) in [4.78, 5) is 11.6. The van der Waals surface area contributed by atoms with Crippen LogP contribution in [0.25, 0.3) is 0 Å². The van der Waals surface area contributed by atoms with Crippen molar-refractivity contribution >= 4 is 5.97 Å². The first-order chi connectivity index (χ1) is 8.58. The number of rotatable bonds is 2. The molecule has 0 aliphatic carbocycles. The average Bonchev–Trinajstić information content (AvgIpc) is 2.37. The molecule has 0 N–H and O–H groups in total. The molecule has 0 heterocycles. The summed E-state index contributed by atoms with van der Waals surface area (Å²) in [6.07, 6.45) is 0. The number of hydrogen-bond acceptors (Lipinski definition) is 2. The molecular formula is C13H7F3O2. The predicted octanol–water partition coefficient (Wildman–Crippen LogP) is 3.32. The van der Waals surface area contributed by atoms with Crippen molar-refractivity contribution in [1.29, 1.82) is 0 Å². The maximum atomic E-state index is 13.2. The number of carbonyl (C=O) groups is 1. The van der Waals surface area contributed by atoms with Gasteiger partial charge in [0.15, 0.2) is 23.2 Å². The Balaban J connectivity index is 2.25. The summed E-state index contributed by atoms with van der Waals surface area (Å²) < 4.78 is 43.4. The molecule has 0 bridgehead atoms. The van der Waals surface area contributed by atoms with Gasteiger partial charge >= 0.3 is 5.97 Å². The van der Waals surface area contributed by atoms with E-state index in [4.69, 9.17) is 0 Å². The molecule has 2 aromatic rings. The highest BCUT2D eigenvalue weighted by Gasteiger charge is 2.15. The highest BCUT2D eigenvalue weighted by Crippen LogP contribution is 2.21. The first-order valence-electron chi connectivity index (χ1n) is 4.99. The SMILES string of the molecule is O=C(Oc1cc(F)c(F)cc1F)c1ccccc1. The second-order valence-corrected chi connectivity index (χ2v) is 3.45. The zero-order valence-corrected chi connectivity index (χ0v) is 8.99. The van der Waals surface area contributed by atoms with Crippen molar-refractivity contribution < 1.29 is 22.7 Å². The van der Waals surface area contributed by atoms with Crippen LogP contribution in [0, 0.1) is 17.5 Å². The molecule has 2 nitrogen and oxygen atoms in total. The number of ether oxygens (including phenoxy) is 1. The fraction of sp³-hybridized carbons (Fsp3) is 0. The molecule has 0 saturated heterocycles. The molecule has 5 heteroatoms. The summed E-state index contributed by atoms with van der Waals surface area (Å²) >= 11 is 0. The van der Waals surface area contributed by atoms with Crippen molar-refractivity contribution in [2.45, 2.75) is 0 Å². The van der Waals surface area contributed by atoms with Crippen LogP contribution in [-0.2, 0) is 0 Å². The molecule has 18 heavy (non-hydrogen) atoms. The van der Waals surface area contributed by atoms with Gasteiger partial charge in [-0.2, -0.15) is 0 Å². The van der Waals surface area contributed by atoms with Gasteiger partial charge in [0.05, 0.1) is 5.56 Å². The second kappa shape index (κ2) is 4.91. The molecule has 0 fully saturated rings. The predicted molar refractivity (Wildman–Crippen MR) is 57.7 cm³/mol. The van der Waals surface area contributed by atoms with E-state index in [0.29, 0.717) is 12.1 Å². The molecule has 0 spiro atoms. The molecular weight excluding hydrogens is 245 g/mol. The van der Waals surface area contributed by atoms with E-state index in [0.717, 1.165) is 0 Å². The zero-order valence-electron chi connectivity index (χ0n) is 8.99. The molecule has 0 amide bonds. The van der Waals surface area contributed by atoms with Crippen molar-refractivity contribution in [3.63, 3.8) is 0 Å². The van der Waals surface area contributed by atoms with E-state index in [1.54, 1.807) is 18.2 Å². The summed E-state index contributed by atoms with van der Waals surface area (Å²) in [6.45, 7) is 0. The van der Waals surface area contributed by atoms with Gasteiger partial charge < -0.3 is 4.74 Å². The highest BCUT2D eigenvalue weighted by atomic mass is 19.2.